The van der Waals surface area contributed by atoms with Gasteiger partial charge in [0, 0.05) is 11.6 Å². The molecule has 1 aromatic heterocycles. The summed E-state index contributed by atoms with van der Waals surface area (Å²) < 4.78 is 10.3. The molecule has 0 atom stereocenters. The zero-order valence-electron chi connectivity index (χ0n) is 9.47. The van der Waals surface area contributed by atoms with Crippen molar-refractivity contribution in [2.75, 3.05) is 7.11 Å². The van der Waals surface area contributed by atoms with Gasteiger partial charge >= 0.3 is 5.69 Å². The number of aryl methyl sites for hydroxylation is 1. The van der Waals surface area contributed by atoms with Crippen LogP contribution < -0.4 is 4.74 Å². The van der Waals surface area contributed by atoms with Gasteiger partial charge in [0.1, 0.15) is 5.76 Å². The quantitative estimate of drug-likeness (QED) is 0.603. The minimum absolute atomic E-state index is 0.0414. The molecule has 88 valence electrons. The summed E-state index contributed by atoms with van der Waals surface area (Å²) in [6.07, 6.45) is 1.56. The van der Waals surface area contributed by atoms with Crippen LogP contribution in [0, 0.1) is 17.0 Å². The Morgan fingerprint density at radius 2 is 2.18 bits per heavy atom. The van der Waals surface area contributed by atoms with Crippen molar-refractivity contribution in [3.05, 3.63) is 46.2 Å². The SMILES string of the molecule is COc1cc(-c2ccco2)c(C)cc1[N+](=O)[O-]. The highest BCUT2D eigenvalue weighted by Gasteiger charge is 2.18. The molecule has 5 nitrogen and oxygen atoms in total. The average Bonchev–Trinajstić information content (AvgIpc) is 2.82. The van der Waals surface area contributed by atoms with Crippen molar-refractivity contribution in [1.82, 2.24) is 0 Å². The third-order valence-corrected chi connectivity index (χ3v) is 2.51. The van der Waals surface area contributed by atoms with Crippen LogP contribution in [0.3, 0.4) is 0 Å². The number of hydrogen-bond donors (Lipinski definition) is 0. The van der Waals surface area contributed by atoms with Crippen LogP contribution in [-0.4, -0.2) is 12.0 Å². The summed E-state index contributed by atoms with van der Waals surface area (Å²) in [7, 11) is 1.41. The zero-order chi connectivity index (χ0) is 12.4. The Morgan fingerprint density at radius 1 is 1.41 bits per heavy atom. The molecular formula is C12H11NO4. The molecule has 2 aromatic rings. The Labute approximate surface area is 97.8 Å². The van der Waals surface area contributed by atoms with Gasteiger partial charge < -0.3 is 9.15 Å². The Morgan fingerprint density at radius 3 is 2.71 bits per heavy atom. The van der Waals surface area contributed by atoms with Crippen LogP contribution in [0.2, 0.25) is 0 Å². The molecular weight excluding hydrogens is 222 g/mol. The van der Waals surface area contributed by atoms with Crippen LogP contribution in [0.4, 0.5) is 5.69 Å². The molecule has 2 rings (SSSR count). The molecule has 1 aromatic carbocycles. The van der Waals surface area contributed by atoms with Crippen molar-refractivity contribution in [1.29, 1.82) is 0 Å². The van der Waals surface area contributed by atoms with Crippen LogP contribution in [0.25, 0.3) is 11.3 Å². The lowest BCUT2D eigenvalue weighted by molar-refractivity contribution is -0.385. The molecule has 0 radical (unpaired) electrons. The second-order valence-electron chi connectivity index (χ2n) is 3.57. The molecule has 0 saturated heterocycles. The number of furan rings is 1. The van der Waals surface area contributed by atoms with Crippen molar-refractivity contribution >= 4 is 5.69 Å². The predicted octanol–water partition coefficient (Wildman–Crippen LogP) is 3.17. The molecule has 5 heteroatoms. The highest BCUT2D eigenvalue weighted by atomic mass is 16.6. The van der Waals surface area contributed by atoms with Crippen LogP contribution in [0.1, 0.15) is 5.56 Å². The monoisotopic (exact) mass is 233 g/mol. The molecule has 0 amide bonds. The van der Waals surface area contributed by atoms with Gasteiger partial charge in [-0.15, -0.1) is 0 Å². The maximum atomic E-state index is 10.8. The van der Waals surface area contributed by atoms with Crippen molar-refractivity contribution in [2.45, 2.75) is 6.92 Å². The first-order chi connectivity index (χ1) is 8.13. The third-order valence-electron chi connectivity index (χ3n) is 2.51. The smallest absolute Gasteiger partial charge is 0.311 e. The van der Waals surface area contributed by atoms with Crippen LogP contribution in [-0.2, 0) is 0 Å². The fourth-order valence-electron chi connectivity index (χ4n) is 1.68. The summed E-state index contributed by atoms with van der Waals surface area (Å²) in [6.45, 7) is 1.80. The summed E-state index contributed by atoms with van der Waals surface area (Å²) in [5, 5.41) is 10.8. The van der Waals surface area contributed by atoms with E-state index >= 15 is 0 Å². The highest BCUT2D eigenvalue weighted by Crippen LogP contribution is 2.35. The Balaban J connectivity index is 2.60. The Bertz CT molecular complexity index is 546. The third kappa shape index (κ3) is 1.99. The second-order valence-corrected chi connectivity index (χ2v) is 3.57. The van der Waals surface area contributed by atoms with E-state index in [0.717, 1.165) is 11.1 Å². The summed E-state index contributed by atoms with van der Waals surface area (Å²) in [5.41, 5.74) is 1.52. The van der Waals surface area contributed by atoms with Crippen LogP contribution in [0.5, 0.6) is 5.75 Å². The van der Waals surface area contributed by atoms with E-state index < -0.39 is 4.92 Å². The predicted molar refractivity (Wildman–Crippen MR) is 62.1 cm³/mol. The molecule has 0 fully saturated rings. The normalized spacial score (nSPS) is 10.2. The molecule has 0 bridgehead atoms. The molecule has 0 aliphatic rings. The molecule has 0 spiro atoms. The molecule has 0 aliphatic carbocycles. The largest absolute Gasteiger partial charge is 0.490 e. The molecule has 17 heavy (non-hydrogen) atoms. The van der Waals surface area contributed by atoms with Gasteiger partial charge in [-0.1, -0.05) is 0 Å². The van der Waals surface area contributed by atoms with Gasteiger partial charge in [-0.3, -0.25) is 10.1 Å². The molecule has 0 N–H and O–H groups in total. The number of nitrogens with zero attached hydrogens (tertiary/aromatic N) is 1. The van der Waals surface area contributed by atoms with E-state index in [-0.39, 0.29) is 11.4 Å². The standard InChI is InChI=1S/C12H11NO4/c1-8-6-10(13(14)15)12(16-2)7-9(8)11-4-3-5-17-11/h3-7H,1-2H3. The first-order valence-corrected chi connectivity index (χ1v) is 5.00. The van der Waals surface area contributed by atoms with E-state index in [4.69, 9.17) is 9.15 Å². The number of ether oxygens (including phenoxy) is 1. The van der Waals surface area contributed by atoms with Gasteiger partial charge in [0.15, 0.2) is 5.75 Å². The lowest BCUT2D eigenvalue weighted by atomic mass is 10.0. The Hall–Kier alpha value is -2.30. The number of rotatable bonds is 3. The van der Waals surface area contributed by atoms with Crippen molar-refractivity contribution in [3.8, 4) is 17.1 Å². The van der Waals surface area contributed by atoms with Gasteiger partial charge in [-0.05, 0) is 30.7 Å². The minimum Gasteiger partial charge on any atom is -0.490 e. The van der Waals surface area contributed by atoms with Crippen molar-refractivity contribution in [3.63, 3.8) is 0 Å². The summed E-state index contributed by atoms with van der Waals surface area (Å²) >= 11 is 0. The summed E-state index contributed by atoms with van der Waals surface area (Å²) in [6, 6.07) is 6.67. The number of nitro groups is 1. The number of methoxy groups -OCH3 is 1. The maximum absolute atomic E-state index is 10.8. The highest BCUT2D eigenvalue weighted by molar-refractivity contribution is 5.68. The van der Waals surface area contributed by atoms with Gasteiger partial charge in [-0.2, -0.15) is 0 Å². The lowest BCUT2D eigenvalue weighted by Gasteiger charge is -2.07. The van der Waals surface area contributed by atoms with E-state index in [1.807, 2.05) is 0 Å². The van der Waals surface area contributed by atoms with Gasteiger partial charge in [0.2, 0.25) is 0 Å². The van der Waals surface area contributed by atoms with Gasteiger partial charge in [-0.25, -0.2) is 0 Å². The fraction of sp³-hybridized carbons (Fsp3) is 0.167. The van der Waals surface area contributed by atoms with E-state index in [1.54, 1.807) is 31.4 Å². The molecule has 1 heterocycles. The molecule has 0 aliphatic heterocycles. The van der Waals surface area contributed by atoms with Crippen LogP contribution in [0.15, 0.2) is 34.9 Å². The summed E-state index contributed by atoms with van der Waals surface area (Å²) in [5.74, 6) is 0.891. The zero-order valence-corrected chi connectivity index (χ0v) is 9.47. The van der Waals surface area contributed by atoms with Gasteiger partial charge in [0.05, 0.1) is 18.3 Å². The number of benzene rings is 1. The Kier molecular flexibility index (Phi) is 2.82. The first kappa shape index (κ1) is 11.2. The first-order valence-electron chi connectivity index (χ1n) is 5.00. The molecule has 0 unspecified atom stereocenters. The molecule has 0 saturated carbocycles. The van der Waals surface area contributed by atoms with Crippen LogP contribution >= 0.6 is 0 Å². The van der Waals surface area contributed by atoms with E-state index in [0.29, 0.717) is 5.76 Å². The van der Waals surface area contributed by atoms with E-state index in [1.165, 1.54) is 13.2 Å². The fourth-order valence-corrected chi connectivity index (χ4v) is 1.68. The van der Waals surface area contributed by atoms with E-state index in [2.05, 4.69) is 0 Å². The minimum atomic E-state index is -0.461. The topological polar surface area (TPSA) is 65.5 Å². The maximum Gasteiger partial charge on any atom is 0.311 e. The lowest BCUT2D eigenvalue weighted by Crippen LogP contribution is -1.95. The summed E-state index contributed by atoms with van der Waals surface area (Å²) in [4.78, 5) is 10.4. The van der Waals surface area contributed by atoms with Gasteiger partial charge in [0.25, 0.3) is 0 Å². The number of hydrogen-bond acceptors (Lipinski definition) is 4. The van der Waals surface area contributed by atoms with E-state index in [9.17, 15) is 10.1 Å². The van der Waals surface area contributed by atoms with Crippen molar-refractivity contribution < 1.29 is 14.1 Å². The average molecular weight is 233 g/mol. The second kappa shape index (κ2) is 4.29. The number of nitro benzene ring substituents is 1. The van der Waals surface area contributed by atoms with Crippen molar-refractivity contribution in [2.24, 2.45) is 0 Å².